The van der Waals surface area contributed by atoms with Crippen LogP contribution in [-0.4, -0.2) is 30.3 Å². The molecule has 1 atom stereocenters. The van der Waals surface area contributed by atoms with E-state index in [1.807, 2.05) is 39.0 Å². The lowest BCUT2D eigenvalue weighted by Gasteiger charge is -2.21. The number of amides is 2. The highest BCUT2D eigenvalue weighted by Crippen LogP contribution is 2.30. The summed E-state index contributed by atoms with van der Waals surface area (Å²) in [6, 6.07) is 16.7. The van der Waals surface area contributed by atoms with Crippen LogP contribution in [0.3, 0.4) is 0 Å². The minimum atomic E-state index is -0.720. The standard InChI is InChI=1S/C28H31ClN2O5/c1-5-6-7-26(36-25-15-8-18(2)16-19(25)3)27(33)30-23-14-11-21(17-24(23)32)31(4)28(34)35-22-12-9-20(29)10-13-22/h8-17,26,32H,5-7H2,1-4H3,(H,30,33). The Morgan fingerprint density at radius 1 is 1.06 bits per heavy atom. The molecule has 0 aromatic heterocycles. The van der Waals surface area contributed by atoms with Crippen molar-refractivity contribution in [1.29, 1.82) is 0 Å². The monoisotopic (exact) mass is 510 g/mol. The Morgan fingerprint density at radius 3 is 2.42 bits per heavy atom. The number of carbonyl (C=O) groups excluding carboxylic acids is 2. The molecular formula is C28H31ClN2O5. The number of aromatic hydroxyl groups is 1. The van der Waals surface area contributed by atoms with Crippen molar-refractivity contribution in [3.8, 4) is 17.2 Å². The molecule has 0 aliphatic heterocycles. The van der Waals surface area contributed by atoms with Crippen LogP contribution in [0.2, 0.25) is 5.02 Å². The number of ether oxygens (including phenoxy) is 2. The molecule has 0 saturated carbocycles. The zero-order valence-electron chi connectivity index (χ0n) is 20.9. The maximum Gasteiger partial charge on any atom is 0.419 e. The largest absolute Gasteiger partial charge is 0.506 e. The molecule has 0 spiro atoms. The van der Waals surface area contributed by atoms with Gasteiger partial charge < -0.3 is 19.9 Å². The number of hydrogen-bond donors (Lipinski definition) is 2. The first-order chi connectivity index (χ1) is 17.2. The molecule has 0 bridgehead atoms. The fourth-order valence-electron chi connectivity index (χ4n) is 3.54. The maximum atomic E-state index is 13.1. The van der Waals surface area contributed by atoms with Gasteiger partial charge in [0.25, 0.3) is 5.91 Å². The van der Waals surface area contributed by atoms with Gasteiger partial charge in [0.15, 0.2) is 6.10 Å². The van der Waals surface area contributed by atoms with E-state index in [0.29, 0.717) is 28.6 Å². The van der Waals surface area contributed by atoms with Crippen molar-refractivity contribution in [2.24, 2.45) is 0 Å². The molecule has 2 N–H and O–H groups in total. The van der Waals surface area contributed by atoms with Crippen LogP contribution < -0.4 is 19.7 Å². The van der Waals surface area contributed by atoms with Gasteiger partial charge in [-0.15, -0.1) is 0 Å². The first-order valence-electron chi connectivity index (χ1n) is 11.8. The van der Waals surface area contributed by atoms with Crippen molar-refractivity contribution in [2.45, 2.75) is 46.1 Å². The zero-order valence-corrected chi connectivity index (χ0v) is 21.6. The van der Waals surface area contributed by atoms with Gasteiger partial charge >= 0.3 is 6.09 Å². The number of nitrogens with one attached hydrogen (secondary N) is 1. The van der Waals surface area contributed by atoms with Crippen LogP contribution in [-0.2, 0) is 4.79 Å². The van der Waals surface area contributed by atoms with Gasteiger partial charge in [0.1, 0.15) is 17.2 Å². The summed E-state index contributed by atoms with van der Waals surface area (Å²) in [6.45, 7) is 5.99. The Bertz CT molecular complexity index is 1210. The lowest BCUT2D eigenvalue weighted by atomic mass is 10.1. The lowest BCUT2D eigenvalue weighted by Crippen LogP contribution is -2.33. The van der Waals surface area contributed by atoms with E-state index < -0.39 is 12.2 Å². The van der Waals surface area contributed by atoms with E-state index in [9.17, 15) is 14.7 Å². The summed E-state index contributed by atoms with van der Waals surface area (Å²) in [5.74, 6) is 0.443. The predicted molar refractivity (Wildman–Crippen MR) is 142 cm³/mol. The van der Waals surface area contributed by atoms with Gasteiger partial charge in [-0.05, 0) is 74.7 Å². The van der Waals surface area contributed by atoms with Crippen LogP contribution in [0, 0.1) is 13.8 Å². The number of hydrogen-bond acceptors (Lipinski definition) is 5. The number of carbonyl (C=O) groups is 2. The molecule has 0 aliphatic rings. The first kappa shape index (κ1) is 26.9. The highest BCUT2D eigenvalue weighted by Gasteiger charge is 2.23. The second kappa shape index (κ2) is 12.3. The van der Waals surface area contributed by atoms with Crippen LogP contribution in [0.5, 0.6) is 17.2 Å². The van der Waals surface area contributed by atoms with Crippen molar-refractivity contribution in [3.63, 3.8) is 0 Å². The van der Waals surface area contributed by atoms with Crippen LogP contribution in [0.4, 0.5) is 16.2 Å². The second-order valence-corrected chi connectivity index (χ2v) is 9.03. The van der Waals surface area contributed by atoms with Gasteiger partial charge in [0.05, 0.1) is 11.4 Å². The molecule has 3 aromatic carbocycles. The molecule has 1 unspecified atom stereocenters. The Hall–Kier alpha value is -3.71. The lowest BCUT2D eigenvalue weighted by molar-refractivity contribution is -0.123. The third-order valence-electron chi connectivity index (χ3n) is 5.63. The Labute approximate surface area is 216 Å². The minimum absolute atomic E-state index is 0.187. The first-order valence-corrected chi connectivity index (χ1v) is 12.1. The van der Waals surface area contributed by atoms with Crippen LogP contribution >= 0.6 is 11.6 Å². The molecular weight excluding hydrogens is 480 g/mol. The topological polar surface area (TPSA) is 88.1 Å². The fourth-order valence-corrected chi connectivity index (χ4v) is 3.67. The zero-order chi connectivity index (χ0) is 26.2. The Kier molecular flexibility index (Phi) is 9.19. The molecule has 190 valence electrons. The van der Waals surface area contributed by atoms with Crippen LogP contribution in [0.15, 0.2) is 60.7 Å². The van der Waals surface area contributed by atoms with E-state index in [2.05, 4.69) is 5.32 Å². The van der Waals surface area contributed by atoms with Gasteiger partial charge in [-0.25, -0.2) is 4.79 Å². The Balaban J connectivity index is 1.69. The van der Waals surface area contributed by atoms with Gasteiger partial charge in [-0.2, -0.15) is 0 Å². The summed E-state index contributed by atoms with van der Waals surface area (Å²) in [6.07, 6.45) is 0.901. The van der Waals surface area contributed by atoms with Crippen molar-refractivity contribution >= 4 is 35.0 Å². The van der Waals surface area contributed by atoms with Gasteiger partial charge in [0, 0.05) is 18.1 Å². The van der Waals surface area contributed by atoms with E-state index in [0.717, 1.165) is 24.0 Å². The fraction of sp³-hybridized carbons (Fsp3) is 0.286. The SMILES string of the molecule is CCCCC(Oc1ccc(C)cc1C)C(=O)Nc1ccc(N(C)C(=O)Oc2ccc(Cl)cc2)cc1O. The number of benzene rings is 3. The molecule has 3 rings (SSSR count). The molecule has 2 amide bonds. The molecule has 3 aromatic rings. The summed E-state index contributed by atoms with van der Waals surface area (Å²) in [5, 5.41) is 13.8. The summed E-state index contributed by atoms with van der Waals surface area (Å²) < 4.78 is 11.4. The number of phenolic OH excluding ortho intramolecular Hbond substituents is 1. The summed E-state index contributed by atoms with van der Waals surface area (Å²) in [4.78, 5) is 26.8. The molecule has 0 radical (unpaired) electrons. The smallest absolute Gasteiger partial charge is 0.419 e. The molecule has 0 fully saturated rings. The minimum Gasteiger partial charge on any atom is -0.506 e. The highest BCUT2D eigenvalue weighted by atomic mass is 35.5. The molecule has 7 nitrogen and oxygen atoms in total. The summed E-state index contributed by atoms with van der Waals surface area (Å²) >= 11 is 5.86. The van der Waals surface area contributed by atoms with Crippen molar-refractivity contribution < 1.29 is 24.2 Å². The van der Waals surface area contributed by atoms with Gasteiger partial charge in [-0.3, -0.25) is 9.69 Å². The van der Waals surface area contributed by atoms with E-state index in [1.165, 1.54) is 24.1 Å². The van der Waals surface area contributed by atoms with Crippen molar-refractivity contribution in [3.05, 3.63) is 76.8 Å². The summed E-state index contributed by atoms with van der Waals surface area (Å²) in [5.41, 5.74) is 2.67. The third-order valence-corrected chi connectivity index (χ3v) is 5.88. The number of anilines is 2. The van der Waals surface area contributed by atoms with Crippen molar-refractivity contribution in [2.75, 3.05) is 17.3 Å². The number of halogens is 1. The van der Waals surface area contributed by atoms with Crippen LogP contribution in [0.1, 0.15) is 37.3 Å². The average molecular weight is 511 g/mol. The number of phenols is 1. The van der Waals surface area contributed by atoms with Crippen LogP contribution in [0.25, 0.3) is 0 Å². The van der Waals surface area contributed by atoms with Gasteiger partial charge in [-0.1, -0.05) is 42.6 Å². The van der Waals surface area contributed by atoms with Gasteiger partial charge in [0.2, 0.25) is 0 Å². The van der Waals surface area contributed by atoms with E-state index >= 15 is 0 Å². The molecule has 36 heavy (non-hydrogen) atoms. The van der Waals surface area contributed by atoms with E-state index in [1.54, 1.807) is 30.3 Å². The van der Waals surface area contributed by atoms with E-state index in [-0.39, 0.29) is 17.3 Å². The maximum absolute atomic E-state index is 13.1. The highest BCUT2D eigenvalue weighted by molar-refractivity contribution is 6.30. The molecule has 0 aliphatic carbocycles. The number of unbranched alkanes of at least 4 members (excludes halogenated alkanes) is 1. The second-order valence-electron chi connectivity index (χ2n) is 8.59. The number of rotatable bonds is 9. The normalized spacial score (nSPS) is 11.5. The molecule has 8 heteroatoms. The number of aryl methyl sites for hydroxylation is 2. The van der Waals surface area contributed by atoms with E-state index in [4.69, 9.17) is 21.1 Å². The molecule has 0 heterocycles. The average Bonchev–Trinajstić information content (AvgIpc) is 2.85. The number of nitrogens with zero attached hydrogens (tertiary/aromatic N) is 1. The van der Waals surface area contributed by atoms with Crippen molar-refractivity contribution in [1.82, 2.24) is 0 Å². The molecule has 0 saturated heterocycles. The predicted octanol–water partition coefficient (Wildman–Crippen LogP) is 6.87. The third kappa shape index (κ3) is 7.15. The summed E-state index contributed by atoms with van der Waals surface area (Å²) in [7, 11) is 1.52. The quantitative estimate of drug-likeness (QED) is 0.306. The Morgan fingerprint density at radius 2 is 1.78 bits per heavy atom.